The summed E-state index contributed by atoms with van der Waals surface area (Å²) in [7, 11) is 0. The van der Waals surface area contributed by atoms with E-state index in [0.29, 0.717) is 0 Å². The van der Waals surface area contributed by atoms with Crippen LogP contribution >= 0.6 is 0 Å². The summed E-state index contributed by atoms with van der Waals surface area (Å²) in [6.07, 6.45) is 19.2. The first-order valence-corrected chi connectivity index (χ1v) is 11.8. The number of allylic oxidation sites excluding steroid dienone is 4. The molecule has 0 aromatic carbocycles. The molecule has 2 saturated carbocycles. The lowest BCUT2D eigenvalue weighted by molar-refractivity contribution is 0.0216. The molecule has 2 unspecified atom stereocenters. The summed E-state index contributed by atoms with van der Waals surface area (Å²) in [6, 6.07) is 0. The van der Waals surface area contributed by atoms with Crippen molar-refractivity contribution < 1.29 is 8.78 Å². The van der Waals surface area contributed by atoms with E-state index in [4.69, 9.17) is 0 Å². The largest absolute Gasteiger partial charge is 0.239 e. The Hall–Kier alpha value is -0.660. The lowest BCUT2D eigenvalue weighted by atomic mass is 9.65. The third kappa shape index (κ3) is 5.04. The Morgan fingerprint density at radius 3 is 2.11 bits per heavy atom. The highest BCUT2D eigenvalue weighted by Crippen LogP contribution is 2.47. The highest BCUT2D eigenvalue weighted by atomic mass is 19.2. The van der Waals surface area contributed by atoms with Crippen molar-refractivity contribution >= 4 is 0 Å². The molecule has 0 aromatic heterocycles. The average Bonchev–Trinajstić information content (AvgIpc) is 2.71. The van der Waals surface area contributed by atoms with E-state index in [1.165, 1.54) is 57.4 Å². The van der Waals surface area contributed by atoms with Crippen LogP contribution in [0.3, 0.4) is 0 Å². The average molecular weight is 379 g/mol. The van der Waals surface area contributed by atoms with E-state index in [2.05, 4.69) is 6.92 Å². The second kappa shape index (κ2) is 9.70. The van der Waals surface area contributed by atoms with Crippen LogP contribution in [0.15, 0.2) is 23.8 Å². The van der Waals surface area contributed by atoms with Crippen molar-refractivity contribution in [3.63, 3.8) is 0 Å². The molecule has 0 aliphatic heterocycles. The summed E-state index contributed by atoms with van der Waals surface area (Å²) < 4.78 is 30.0. The minimum Gasteiger partial charge on any atom is -0.239 e. The van der Waals surface area contributed by atoms with E-state index < -0.39 is 11.8 Å². The predicted molar refractivity (Wildman–Crippen MR) is 111 cm³/mol. The van der Waals surface area contributed by atoms with Crippen LogP contribution in [0.4, 0.5) is 8.78 Å². The molecule has 2 heteroatoms. The molecule has 0 amide bonds. The van der Waals surface area contributed by atoms with Crippen molar-refractivity contribution in [1.29, 1.82) is 0 Å². The summed E-state index contributed by atoms with van der Waals surface area (Å²) in [4.78, 5) is 0. The van der Waals surface area contributed by atoms with Gasteiger partial charge in [-0.05, 0) is 86.3 Å². The maximum absolute atomic E-state index is 15.4. The maximum atomic E-state index is 15.4. The third-order valence-electron chi connectivity index (χ3n) is 7.92. The second-order valence-electron chi connectivity index (χ2n) is 9.55. The van der Waals surface area contributed by atoms with Crippen molar-refractivity contribution in [3.05, 3.63) is 23.8 Å². The molecule has 0 spiro atoms. The van der Waals surface area contributed by atoms with Gasteiger partial charge in [-0.1, -0.05) is 58.4 Å². The fourth-order valence-electron chi connectivity index (χ4n) is 5.96. The fraction of sp³-hybridized carbons (Fsp3) is 0.840. The number of unbranched alkanes of at least 4 members (excludes halogenated alkanes) is 2. The zero-order valence-electron chi connectivity index (χ0n) is 17.6. The van der Waals surface area contributed by atoms with Gasteiger partial charge in [0.05, 0.1) is 0 Å². The lowest BCUT2D eigenvalue weighted by Gasteiger charge is -2.42. The molecule has 0 N–H and O–H groups in total. The van der Waals surface area contributed by atoms with E-state index in [9.17, 15) is 4.39 Å². The van der Waals surface area contributed by atoms with E-state index in [-0.39, 0.29) is 5.92 Å². The van der Waals surface area contributed by atoms with Gasteiger partial charge in [-0.15, -0.1) is 0 Å². The minimum absolute atomic E-state index is 0.139. The van der Waals surface area contributed by atoms with Crippen molar-refractivity contribution in [2.75, 3.05) is 0 Å². The van der Waals surface area contributed by atoms with Gasteiger partial charge < -0.3 is 0 Å². The summed E-state index contributed by atoms with van der Waals surface area (Å²) in [6.45, 7) is 4.28. The van der Waals surface area contributed by atoms with Crippen LogP contribution in [0.2, 0.25) is 0 Å². The van der Waals surface area contributed by atoms with Gasteiger partial charge >= 0.3 is 0 Å². The Labute approximate surface area is 165 Å². The van der Waals surface area contributed by atoms with Gasteiger partial charge in [-0.2, -0.15) is 0 Å². The predicted octanol–water partition coefficient (Wildman–Crippen LogP) is 8.13. The summed E-state index contributed by atoms with van der Waals surface area (Å²) in [5.41, 5.74) is -0.833. The van der Waals surface area contributed by atoms with Crippen LogP contribution in [0.1, 0.15) is 97.3 Å². The Morgan fingerprint density at radius 2 is 1.56 bits per heavy atom. The molecular weight excluding hydrogens is 338 g/mol. The van der Waals surface area contributed by atoms with Crippen molar-refractivity contribution in [2.24, 2.45) is 23.7 Å². The summed E-state index contributed by atoms with van der Waals surface area (Å²) in [5.74, 6) is 2.42. The first-order chi connectivity index (χ1) is 13.1. The Morgan fingerprint density at radius 1 is 0.926 bits per heavy atom. The molecule has 2 fully saturated rings. The number of rotatable bonds is 7. The Bertz CT molecular complexity index is 506. The van der Waals surface area contributed by atoms with Gasteiger partial charge in [0, 0.05) is 0 Å². The fourth-order valence-corrected chi connectivity index (χ4v) is 5.96. The van der Waals surface area contributed by atoms with Gasteiger partial charge in [-0.3, -0.25) is 0 Å². The molecule has 3 aliphatic carbocycles. The standard InChI is InChI=1S/C25H40F2/c1-3-5-6-7-20-8-10-21(11-9-20)22-12-14-23(15-13-22)25(27)17-16-19(4-2)18-24(25)26/h16-18,20-24H,3-15H2,1-2H3/t20-,21-,22-,23-,24?,25?. The highest BCUT2D eigenvalue weighted by molar-refractivity contribution is 5.32. The normalized spacial score (nSPS) is 40.0. The van der Waals surface area contributed by atoms with E-state index >= 15 is 4.39 Å². The Balaban J connectivity index is 1.45. The maximum Gasteiger partial charge on any atom is 0.166 e. The van der Waals surface area contributed by atoms with Crippen LogP contribution in [-0.2, 0) is 0 Å². The topological polar surface area (TPSA) is 0 Å². The molecule has 0 saturated heterocycles. The van der Waals surface area contributed by atoms with Crippen LogP contribution in [0.5, 0.6) is 0 Å². The zero-order valence-corrected chi connectivity index (χ0v) is 17.6. The molecule has 0 radical (unpaired) electrons. The molecule has 0 nitrogen and oxygen atoms in total. The van der Waals surface area contributed by atoms with Crippen LogP contribution < -0.4 is 0 Å². The quantitative estimate of drug-likeness (QED) is 0.392. The monoisotopic (exact) mass is 378 g/mol. The second-order valence-corrected chi connectivity index (χ2v) is 9.55. The molecule has 154 valence electrons. The number of halogens is 2. The highest BCUT2D eigenvalue weighted by Gasteiger charge is 2.47. The molecule has 0 heterocycles. The first kappa shape index (κ1) is 21.1. The van der Waals surface area contributed by atoms with Gasteiger partial charge in [-0.25, -0.2) is 8.78 Å². The summed E-state index contributed by atoms with van der Waals surface area (Å²) in [5, 5.41) is 0. The van der Waals surface area contributed by atoms with E-state index in [1.807, 2.05) is 13.0 Å². The van der Waals surface area contributed by atoms with Gasteiger partial charge in [0.1, 0.15) is 0 Å². The van der Waals surface area contributed by atoms with Crippen LogP contribution in [-0.4, -0.2) is 11.8 Å². The van der Waals surface area contributed by atoms with E-state index in [0.717, 1.165) is 55.4 Å². The molecule has 0 aromatic rings. The molecular formula is C25H40F2. The third-order valence-corrected chi connectivity index (χ3v) is 7.92. The molecule has 3 rings (SSSR count). The molecule has 0 bridgehead atoms. The van der Waals surface area contributed by atoms with Crippen molar-refractivity contribution in [2.45, 2.75) is 109 Å². The Kier molecular flexibility index (Phi) is 7.57. The van der Waals surface area contributed by atoms with Gasteiger partial charge in [0.2, 0.25) is 0 Å². The van der Waals surface area contributed by atoms with Crippen molar-refractivity contribution in [3.8, 4) is 0 Å². The number of hydrogen-bond acceptors (Lipinski definition) is 0. The smallest absolute Gasteiger partial charge is 0.166 e. The van der Waals surface area contributed by atoms with Gasteiger partial charge in [0.25, 0.3) is 0 Å². The zero-order chi connectivity index (χ0) is 19.3. The minimum atomic E-state index is -1.76. The number of alkyl halides is 2. The van der Waals surface area contributed by atoms with Gasteiger partial charge in [0.15, 0.2) is 11.8 Å². The first-order valence-electron chi connectivity index (χ1n) is 11.8. The van der Waals surface area contributed by atoms with E-state index in [1.54, 1.807) is 6.08 Å². The summed E-state index contributed by atoms with van der Waals surface area (Å²) >= 11 is 0. The lowest BCUT2D eigenvalue weighted by Crippen LogP contribution is -2.43. The molecule has 3 aliphatic rings. The molecule has 27 heavy (non-hydrogen) atoms. The van der Waals surface area contributed by atoms with Crippen molar-refractivity contribution in [1.82, 2.24) is 0 Å². The molecule has 2 atom stereocenters. The van der Waals surface area contributed by atoms with Crippen LogP contribution in [0.25, 0.3) is 0 Å². The SMILES string of the molecule is CCCCC[C@H]1CC[C@H]([C@H]2CC[C@H](C3(F)C=CC(CC)=CC3F)CC2)CC1. The number of hydrogen-bond donors (Lipinski definition) is 0. The van der Waals surface area contributed by atoms with Crippen LogP contribution in [0, 0.1) is 23.7 Å².